The van der Waals surface area contributed by atoms with E-state index >= 15 is 0 Å². The summed E-state index contributed by atoms with van der Waals surface area (Å²) in [4.78, 5) is 12.5. The van der Waals surface area contributed by atoms with Crippen LogP contribution in [-0.2, 0) is 0 Å². The van der Waals surface area contributed by atoms with Crippen molar-refractivity contribution in [1.82, 2.24) is 0 Å². The second-order valence-electron chi connectivity index (χ2n) is 5.39. The molecule has 128 valence electrons. The molecule has 0 aliphatic rings. The summed E-state index contributed by atoms with van der Waals surface area (Å²) in [7, 11) is 0. The summed E-state index contributed by atoms with van der Waals surface area (Å²) in [5, 5.41) is 2.90. The fraction of sp³-hybridized carbons (Fsp3) is 0.316. The number of ether oxygens (including phenoxy) is 2. The van der Waals surface area contributed by atoms with Gasteiger partial charge in [-0.2, -0.15) is 0 Å². The molecule has 0 aromatic heterocycles. The number of carbonyl (C=O) groups is 1. The highest BCUT2D eigenvalue weighted by Gasteiger charge is 2.16. The van der Waals surface area contributed by atoms with Crippen molar-refractivity contribution in [3.63, 3.8) is 0 Å². The number of halogens is 1. The largest absolute Gasteiger partial charge is 0.490 e. The van der Waals surface area contributed by atoms with E-state index in [1.807, 2.05) is 45.0 Å². The quantitative estimate of drug-likeness (QED) is 0.705. The lowest BCUT2D eigenvalue weighted by atomic mass is 10.1. The Balaban J connectivity index is 2.27. The standard InChI is InChI=1S/C19H22BrNO3/c1-4-9-24-18-16(20)11-14(12-17(18)23-5-2)19(22)21-15-8-6-7-13(3)10-15/h6-8,10-12H,4-5,9H2,1-3H3,(H,21,22). The average molecular weight is 392 g/mol. The summed E-state index contributed by atoms with van der Waals surface area (Å²) in [6.07, 6.45) is 0.896. The second kappa shape index (κ2) is 8.73. The smallest absolute Gasteiger partial charge is 0.255 e. The maximum atomic E-state index is 12.5. The second-order valence-corrected chi connectivity index (χ2v) is 6.24. The van der Waals surface area contributed by atoms with Gasteiger partial charge in [0, 0.05) is 11.3 Å². The molecule has 0 aliphatic heterocycles. The molecule has 4 nitrogen and oxygen atoms in total. The van der Waals surface area contributed by atoms with Gasteiger partial charge in [-0.3, -0.25) is 4.79 Å². The summed E-state index contributed by atoms with van der Waals surface area (Å²) in [6, 6.07) is 11.1. The molecule has 0 radical (unpaired) electrons. The highest BCUT2D eigenvalue weighted by molar-refractivity contribution is 9.10. The van der Waals surface area contributed by atoms with Crippen LogP contribution in [0.5, 0.6) is 11.5 Å². The number of anilines is 1. The van der Waals surface area contributed by atoms with Gasteiger partial charge in [0.1, 0.15) is 0 Å². The fourth-order valence-corrected chi connectivity index (χ4v) is 2.79. The molecule has 2 aromatic carbocycles. The van der Waals surface area contributed by atoms with E-state index in [1.54, 1.807) is 12.1 Å². The van der Waals surface area contributed by atoms with Crippen LogP contribution in [0.3, 0.4) is 0 Å². The fourth-order valence-electron chi connectivity index (χ4n) is 2.23. The van der Waals surface area contributed by atoms with Crippen molar-refractivity contribution in [3.05, 3.63) is 52.0 Å². The number of carbonyl (C=O) groups excluding carboxylic acids is 1. The predicted molar refractivity (Wildman–Crippen MR) is 100 cm³/mol. The van der Waals surface area contributed by atoms with Crippen molar-refractivity contribution < 1.29 is 14.3 Å². The lowest BCUT2D eigenvalue weighted by molar-refractivity contribution is 0.102. The number of amides is 1. The van der Waals surface area contributed by atoms with Crippen LogP contribution in [0.15, 0.2) is 40.9 Å². The highest BCUT2D eigenvalue weighted by atomic mass is 79.9. The number of benzene rings is 2. The van der Waals surface area contributed by atoms with E-state index < -0.39 is 0 Å². The molecule has 1 amide bonds. The van der Waals surface area contributed by atoms with Crippen LogP contribution in [0.2, 0.25) is 0 Å². The van der Waals surface area contributed by atoms with Crippen molar-refractivity contribution in [2.75, 3.05) is 18.5 Å². The molecule has 0 saturated carbocycles. The Hall–Kier alpha value is -2.01. The van der Waals surface area contributed by atoms with Crippen LogP contribution in [0.1, 0.15) is 36.2 Å². The van der Waals surface area contributed by atoms with E-state index in [-0.39, 0.29) is 5.91 Å². The zero-order chi connectivity index (χ0) is 17.5. The number of hydrogen-bond donors (Lipinski definition) is 1. The number of hydrogen-bond acceptors (Lipinski definition) is 3. The van der Waals surface area contributed by atoms with E-state index in [1.165, 1.54) is 0 Å². The zero-order valence-corrected chi connectivity index (χ0v) is 15.8. The highest BCUT2D eigenvalue weighted by Crippen LogP contribution is 2.37. The molecule has 5 heteroatoms. The Bertz CT molecular complexity index is 716. The van der Waals surface area contributed by atoms with Crippen LogP contribution >= 0.6 is 15.9 Å². The van der Waals surface area contributed by atoms with E-state index in [0.717, 1.165) is 17.7 Å². The normalized spacial score (nSPS) is 10.3. The molecule has 0 aliphatic carbocycles. The Kier molecular flexibility index (Phi) is 6.67. The summed E-state index contributed by atoms with van der Waals surface area (Å²) in [5.74, 6) is 1.00. The Morgan fingerprint density at radius 1 is 1.17 bits per heavy atom. The summed E-state index contributed by atoms with van der Waals surface area (Å²) in [5.41, 5.74) is 2.36. The third-order valence-corrected chi connectivity index (χ3v) is 3.89. The maximum Gasteiger partial charge on any atom is 0.255 e. The van der Waals surface area contributed by atoms with Crippen molar-refractivity contribution in [3.8, 4) is 11.5 Å². The van der Waals surface area contributed by atoms with Crippen molar-refractivity contribution in [2.24, 2.45) is 0 Å². The summed E-state index contributed by atoms with van der Waals surface area (Å²) in [6.45, 7) is 7.01. The van der Waals surface area contributed by atoms with Gasteiger partial charge in [0.15, 0.2) is 11.5 Å². The molecule has 0 saturated heterocycles. The van der Waals surface area contributed by atoms with E-state index in [2.05, 4.69) is 21.2 Å². The lowest BCUT2D eigenvalue weighted by Crippen LogP contribution is -2.13. The van der Waals surface area contributed by atoms with Crippen molar-refractivity contribution in [1.29, 1.82) is 0 Å². The molecule has 2 rings (SSSR count). The van der Waals surface area contributed by atoms with Gasteiger partial charge in [-0.25, -0.2) is 0 Å². The van der Waals surface area contributed by atoms with Crippen LogP contribution in [0.4, 0.5) is 5.69 Å². The van der Waals surface area contributed by atoms with Gasteiger partial charge in [0.05, 0.1) is 17.7 Å². The first-order valence-corrected chi connectivity index (χ1v) is 8.81. The molecule has 0 fully saturated rings. The van der Waals surface area contributed by atoms with Gasteiger partial charge >= 0.3 is 0 Å². The molecule has 2 aromatic rings. The van der Waals surface area contributed by atoms with E-state index in [4.69, 9.17) is 9.47 Å². The maximum absolute atomic E-state index is 12.5. The molecule has 0 bridgehead atoms. The van der Waals surface area contributed by atoms with Gasteiger partial charge in [-0.1, -0.05) is 19.1 Å². The Morgan fingerprint density at radius 3 is 2.62 bits per heavy atom. The van der Waals surface area contributed by atoms with Gasteiger partial charge < -0.3 is 14.8 Å². The minimum Gasteiger partial charge on any atom is -0.490 e. The summed E-state index contributed by atoms with van der Waals surface area (Å²) < 4.78 is 12.1. The minimum atomic E-state index is -0.190. The van der Waals surface area contributed by atoms with Crippen LogP contribution in [0, 0.1) is 6.92 Å². The van der Waals surface area contributed by atoms with Crippen molar-refractivity contribution >= 4 is 27.5 Å². The summed E-state index contributed by atoms with van der Waals surface area (Å²) >= 11 is 3.48. The molecule has 0 spiro atoms. The minimum absolute atomic E-state index is 0.190. The van der Waals surface area contributed by atoms with Gasteiger partial charge in [0.2, 0.25) is 0 Å². The zero-order valence-electron chi connectivity index (χ0n) is 14.2. The third kappa shape index (κ3) is 4.74. The lowest BCUT2D eigenvalue weighted by Gasteiger charge is -2.15. The van der Waals surface area contributed by atoms with Crippen LogP contribution in [0.25, 0.3) is 0 Å². The first-order chi connectivity index (χ1) is 11.5. The molecular weight excluding hydrogens is 370 g/mol. The van der Waals surface area contributed by atoms with E-state index in [9.17, 15) is 4.79 Å². The SMILES string of the molecule is CCCOc1c(Br)cc(C(=O)Nc2cccc(C)c2)cc1OCC. The Labute approximate surface area is 151 Å². The number of nitrogens with one attached hydrogen (secondary N) is 1. The third-order valence-electron chi connectivity index (χ3n) is 3.30. The van der Waals surface area contributed by atoms with Crippen LogP contribution in [-0.4, -0.2) is 19.1 Å². The van der Waals surface area contributed by atoms with Crippen molar-refractivity contribution in [2.45, 2.75) is 27.2 Å². The molecule has 0 unspecified atom stereocenters. The number of rotatable bonds is 7. The monoisotopic (exact) mass is 391 g/mol. The molecule has 0 heterocycles. The van der Waals surface area contributed by atoms with Gasteiger partial charge in [-0.15, -0.1) is 0 Å². The average Bonchev–Trinajstić information content (AvgIpc) is 2.54. The first-order valence-electron chi connectivity index (χ1n) is 8.02. The van der Waals surface area contributed by atoms with E-state index in [0.29, 0.717) is 34.7 Å². The van der Waals surface area contributed by atoms with Gasteiger partial charge in [-0.05, 0) is 66.0 Å². The first kappa shape index (κ1) is 18.3. The molecule has 0 atom stereocenters. The van der Waals surface area contributed by atoms with Gasteiger partial charge in [0.25, 0.3) is 5.91 Å². The molecular formula is C19H22BrNO3. The molecule has 24 heavy (non-hydrogen) atoms. The predicted octanol–water partition coefficient (Wildman–Crippen LogP) is 5.20. The Morgan fingerprint density at radius 2 is 1.96 bits per heavy atom. The van der Waals surface area contributed by atoms with Crippen LogP contribution < -0.4 is 14.8 Å². The molecule has 1 N–H and O–H groups in total. The topological polar surface area (TPSA) is 47.6 Å². The number of aryl methyl sites for hydroxylation is 1.